The van der Waals surface area contributed by atoms with Gasteiger partial charge in [0.05, 0.1) is 13.0 Å². The van der Waals surface area contributed by atoms with E-state index in [4.69, 9.17) is 4.74 Å². The highest BCUT2D eigenvalue weighted by Crippen LogP contribution is 2.34. The molecule has 0 aliphatic heterocycles. The molecule has 0 fully saturated rings. The third-order valence-electron chi connectivity index (χ3n) is 2.18. The second kappa shape index (κ2) is 5.66. The van der Waals surface area contributed by atoms with Crippen LogP contribution in [0.4, 0.5) is 5.69 Å². The van der Waals surface area contributed by atoms with Crippen molar-refractivity contribution in [2.45, 2.75) is 0 Å². The van der Waals surface area contributed by atoms with Gasteiger partial charge in [-0.15, -0.1) is 0 Å². The minimum Gasteiger partial charge on any atom is -0.455 e. The van der Waals surface area contributed by atoms with E-state index in [0.717, 1.165) is 3.57 Å². The van der Waals surface area contributed by atoms with E-state index in [-0.39, 0.29) is 5.69 Å². The molecule has 0 unspecified atom stereocenters. The van der Waals surface area contributed by atoms with Crippen LogP contribution in [0.15, 0.2) is 46.9 Å². The molecule has 2 rings (SSSR count). The fourth-order valence-electron chi connectivity index (χ4n) is 1.33. The van der Waals surface area contributed by atoms with Crippen LogP contribution < -0.4 is 4.74 Å². The fourth-order valence-corrected chi connectivity index (χ4v) is 2.28. The molecule has 0 aromatic heterocycles. The van der Waals surface area contributed by atoms with Gasteiger partial charge in [0.15, 0.2) is 0 Å². The largest absolute Gasteiger partial charge is 0.455 e. The average molecular weight is 420 g/mol. The SMILES string of the molecule is O=[N+]([O-])c1ccc(Oc2ccccc2I)c(Br)c1. The van der Waals surface area contributed by atoms with E-state index in [9.17, 15) is 10.1 Å². The summed E-state index contributed by atoms with van der Waals surface area (Å²) >= 11 is 5.43. The Hall–Kier alpha value is -1.15. The Kier molecular flexibility index (Phi) is 4.18. The summed E-state index contributed by atoms with van der Waals surface area (Å²) in [7, 11) is 0. The van der Waals surface area contributed by atoms with Gasteiger partial charge in [0.2, 0.25) is 0 Å². The summed E-state index contributed by atoms with van der Waals surface area (Å²) in [6.45, 7) is 0. The van der Waals surface area contributed by atoms with Crippen molar-refractivity contribution in [1.29, 1.82) is 0 Å². The standard InChI is InChI=1S/C12H7BrINO3/c13-9-7-8(15(16)17)5-6-11(9)18-12-4-2-1-3-10(12)14/h1-7H. The first-order valence-corrected chi connectivity index (χ1v) is 6.81. The number of para-hydroxylation sites is 1. The first-order valence-electron chi connectivity index (χ1n) is 4.94. The van der Waals surface area contributed by atoms with Crippen molar-refractivity contribution in [3.8, 4) is 11.5 Å². The van der Waals surface area contributed by atoms with Gasteiger partial charge in [-0.1, -0.05) is 12.1 Å². The number of hydrogen-bond donors (Lipinski definition) is 0. The topological polar surface area (TPSA) is 52.4 Å². The van der Waals surface area contributed by atoms with Gasteiger partial charge in [-0.2, -0.15) is 0 Å². The molecular formula is C12H7BrINO3. The van der Waals surface area contributed by atoms with Crippen LogP contribution in [0.25, 0.3) is 0 Å². The van der Waals surface area contributed by atoms with E-state index in [1.807, 2.05) is 24.3 Å². The summed E-state index contributed by atoms with van der Waals surface area (Å²) in [4.78, 5) is 10.2. The Balaban J connectivity index is 2.30. The zero-order chi connectivity index (χ0) is 13.1. The van der Waals surface area contributed by atoms with Crippen molar-refractivity contribution in [1.82, 2.24) is 0 Å². The van der Waals surface area contributed by atoms with E-state index < -0.39 is 4.92 Å². The summed E-state index contributed by atoms with van der Waals surface area (Å²) in [6.07, 6.45) is 0. The van der Waals surface area contributed by atoms with Gasteiger partial charge in [-0.3, -0.25) is 10.1 Å². The molecular weight excluding hydrogens is 413 g/mol. The second-order valence-corrected chi connectivity index (χ2v) is 5.42. The van der Waals surface area contributed by atoms with Crippen LogP contribution in [-0.2, 0) is 0 Å². The molecule has 0 spiro atoms. The highest BCUT2D eigenvalue weighted by atomic mass is 127. The minimum atomic E-state index is -0.444. The van der Waals surface area contributed by atoms with Crippen LogP contribution in [0.1, 0.15) is 0 Å². The fraction of sp³-hybridized carbons (Fsp3) is 0. The van der Waals surface area contributed by atoms with Crippen LogP contribution in [-0.4, -0.2) is 4.92 Å². The molecule has 0 N–H and O–H groups in total. The Morgan fingerprint density at radius 1 is 1.17 bits per heavy atom. The monoisotopic (exact) mass is 419 g/mol. The zero-order valence-corrected chi connectivity index (χ0v) is 12.7. The third kappa shape index (κ3) is 2.99. The third-order valence-corrected chi connectivity index (χ3v) is 3.69. The van der Waals surface area contributed by atoms with Gasteiger partial charge in [-0.25, -0.2) is 0 Å². The smallest absolute Gasteiger partial charge is 0.270 e. The summed E-state index contributed by atoms with van der Waals surface area (Å²) < 4.78 is 7.22. The molecule has 2 aromatic carbocycles. The molecule has 0 radical (unpaired) electrons. The van der Waals surface area contributed by atoms with Gasteiger partial charge in [0.25, 0.3) is 5.69 Å². The molecule has 92 valence electrons. The van der Waals surface area contributed by atoms with E-state index >= 15 is 0 Å². The molecule has 0 atom stereocenters. The first kappa shape index (κ1) is 13.3. The molecule has 0 saturated carbocycles. The summed E-state index contributed by atoms with van der Waals surface area (Å²) in [6, 6.07) is 12.0. The lowest BCUT2D eigenvalue weighted by Crippen LogP contribution is -1.91. The van der Waals surface area contributed by atoms with E-state index in [1.165, 1.54) is 12.1 Å². The van der Waals surface area contributed by atoms with Crippen LogP contribution in [0.3, 0.4) is 0 Å². The lowest BCUT2D eigenvalue weighted by Gasteiger charge is -2.08. The number of non-ortho nitro benzene ring substituents is 1. The Morgan fingerprint density at radius 2 is 1.89 bits per heavy atom. The molecule has 6 heteroatoms. The summed E-state index contributed by atoms with van der Waals surface area (Å²) in [5.41, 5.74) is 0.0250. The molecule has 4 nitrogen and oxygen atoms in total. The molecule has 18 heavy (non-hydrogen) atoms. The van der Waals surface area contributed by atoms with Crippen LogP contribution in [0.5, 0.6) is 11.5 Å². The van der Waals surface area contributed by atoms with Crippen molar-refractivity contribution < 1.29 is 9.66 Å². The number of ether oxygens (including phenoxy) is 1. The van der Waals surface area contributed by atoms with E-state index in [2.05, 4.69) is 38.5 Å². The van der Waals surface area contributed by atoms with Crippen molar-refractivity contribution in [3.05, 3.63) is 60.6 Å². The van der Waals surface area contributed by atoms with Gasteiger partial charge >= 0.3 is 0 Å². The molecule has 0 bridgehead atoms. The van der Waals surface area contributed by atoms with Gasteiger partial charge < -0.3 is 4.74 Å². The maximum absolute atomic E-state index is 10.6. The summed E-state index contributed by atoms with van der Waals surface area (Å²) in [5.74, 6) is 1.26. The van der Waals surface area contributed by atoms with Crippen LogP contribution in [0, 0.1) is 13.7 Å². The Morgan fingerprint density at radius 3 is 2.50 bits per heavy atom. The zero-order valence-electron chi connectivity index (χ0n) is 8.97. The molecule has 2 aromatic rings. The van der Waals surface area contributed by atoms with E-state index in [0.29, 0.717) is 16.0 Å². The first-order chi connectivity index (χ1) is 8.58. The summed E-state index contributed by atoms with van der Waals surface area (Å²) in [5, 5.41) is 10.6. The maximum atomic E-state index is 10.6. The molecule has 0 aliphatic carbocycles. The molecule has 0 heterocycles. The number of rotatable bonds is 3. The lowest BCUT2D eigenvalue weighted by molar-refractivity contribution is -0.384. The van der Waals surface area contributed by atoms with Gasteiger partial charge in [0, 0.05) is 12.1 Å². The number of nitro groups is 1. The number of halogens is 2. The number of hydrogen-bond acceptors (Lipinski definition) is 3. The lowest BCUT2D eigenvalue weighted by atomic mass is 10.3. The highest BCUT2D eigenvalue weighted by Gasteiger charge is 2.11. The Labute approximate surface area is 125 Å². The molecule has 0 aliphatic rings. The van der Waals surface area contributed by atoms with E-state index in [1.54, 1.807) is 6.07 Å². The van der Waals surface area contributed by atoms with Crippen molar-refractivity contribution >= 4 is 44.2 Å². The normalized spacial score (nSPS) is 10.1. The predicted molar refractivity (Wildman–Crippen MR) is 80.0 cm³/mol. The van der Waals surface area contributed by atoms with Crippen molar-refractivity contribution in [2.24, 2.45) is 0 Å². The van der Waals surface area contributed by atoms with Gasteiger partial charge in [-0.05, 0) is 56.7 Å². The maximum Gasteiger partial charge on any atom is 0.270 e. The van der Waals surface area contributed by atoms with Crippen LogP contribution >= 0.6 is 38.5 Å². The molecule has 0 saturated heterocycles. The quantitative estimate of drug-likeness (QED) is 0.409. The predicted octanol–water partition coefficient (Wildman–Crippen LogP) is 4.75. The number of nitrogens with zero attached hydrogens (tertiary/aromatic N) is 1. The van der Waals surface area contributed by atoms with Crippen molar-refractivity contribution in [3.63, 3.8) is 0 Å². The second-order valence-electron chi connectivity index (χ2n) is 3.40. The molecule has 0 amide bonds. The number of nitro benzene ring substituents is 1. The van der Waals surface area contributed by atoms with Crippen LogP contribution in [0.2, 0.25) is 0 Å². The van der Waals surface area contributed by atoms with Crippen molar-refractivity contribution in [2.75, 3.05) is 0 Å². The Bertz CT molecular complexity index is 604. The minimum absolute atomic E-state index is 0.0250. The van der Waals surface area contributed by atoms with Gasteiger partial charge in [0.1, 0.15) is 11.5 Å². The number of benzene rings is 2. The highest BCUT2D eigenvalue weighted by molar-refractivity contribution is 14.1. The average Bonchev–Trinajstić information content (AvgIpc) is 2.34.